The predicted octanol–water partition coefficient (Wildman–Crippen LogP) is 1.03. The molecule has 0 saturated carbocycles. The second kappa shape index (κ2) is 7.61. The molecule has 0 aliphatic carbocycles. The van der Waals surface area contributed by atoms with Crippen LogP contribution in [0.3, 0.4) is 0 Å². The number of nitro groups is 1. The van der Waals surface area contributed by atoms with E-state index in [1.165, 1.54) is 29.1 Å². The third kappa shape index (κ3) is 3.67. The maximum Gasteiger partial charge on any atom is 0.293 e. The van der Waals surface area contributed by atoms with Crippen molar-refractivity contribution in [1.29, 1.82) is 0 Å². The number of nitrogen functional groups attached to an aromatic ring is 1. The lowest BCUT2D eigenvalue weighted by Crippen LogP contribution is -2.21. The normalized spacial score (nSPS) is 11.2. The van der Waals surface area contributed by atoms with Gasteiger partial charge in [-0.25, -0.2) is 10.1 Å². The van der Waals surface area contributed by atoms with E-state index in [9.17, 15) is 14.9 Å². The molecule has 0 fully saturated rings. The topological polar surface area (TPSA) is 180 Å². The summed E-state index contributed by atoms with van der Waals surface area (Å²) in [7, 11) is 0. The molecule has 3 aromatic rings. The van der Waals surface area contributed by atoms with E-state index in [4.69, 9.17) is 5.73 Å². The molecule has 0 spiro atoms. The van der Waals surface area contributed by atoms with Gasteiger partial charge in [-0.2, -0.15) is 9.78 Å². The Bertz CT molecular complexity index is 1050. The minimum atomic E-state index is -0.619. The third-order valence-electron chi connectivity index (χ3n) is 3.62. The number of nitrogens with one attached hydrogen (secondary N) is 1. The SMILES string of the molecule is CC(C)c1c(C(=O)NN=Cc2cccc([N+](=O)[O-])c2)nnn1-c1nonc1N. The van der Waals surface area contributed by atoms with Gasteiger partial charge < -0.3 is 5.73 Å². The lowest BCUT2D eigenvalue weighted by Gasteiger charge is -2.08. The van der Waals surface area contributed by atoms with Crippen LogP contribution >= 0.6 is 0 Å². The number of hydrogen-bond donors (Lipinski definition) is 2. The summed E-state index contributed by atoms with van der Waals surface area (Å²) in [4.78, 5) is 22.7. The average Bonchev–Trinajstić information content (AvgIpc) is 3.27. The number of amides is 1. The molecule has 3 N–H and O–H groups in total. The monoisotopic (exact) mass is 385 g/mol. The molecule has 0 aliphatic rings. The number of nitrogens with two attached hydrogens (primary N) is 1. The molecule has 0 unspecified atom stereocenters. The molecule has 0 saturated heterocycles. The Balaban J connectivity index is 1.81. The highest BCUT2D eigenvalue weighted by atomic mass is 16.6. The van der Waals surface area contributed by atoms with E-state index >= 15 is 0 Å². The van der Waals surface area contributed by atoms with Crippen molar-refractivity contribution >= 4 is 23.6 Å². The standard InChI is InChI=1S/C15H15N9O4/c1-8(2)12-11(18-22-23(12)14-13(16)20-28-21-14)15(25)19-17-7-9-4-3-5-10(6-9)24(26)27/h3-8H,1-2H3,(H2,16,20)(H,19,25). The zero-order chi connectivity index (χ0) is 20.3. The molecule has 1 aromatic carbocycles. The van der Waals surface area contributed by atoms with Gasteiger partial charge in [-0.05, 0) is 16.2 Å². The Morgan fingerprint density at radius 2 is 2.21 bits per heavy atom. The van der Waals surface area contributed by atoms with Gasteiger partial charge in [-0.1, -0.05) is 31.2 Å². The van der Waals surface area contributed by atoms with Crippen LogP contribution in [0.4, 0.5) is 11.5 Å². The molecule has 13 heteroatoms. The number of anilines is 1. The summed E-state index contributed by atoms with van der Waals surface area (Å²) < 4.78 is 5.83. The molecule has 0 bridgehead atoms. The van der Waals surface area contributed by atoms with Crippen LogP contribution in [-0.2, 0) is 0 Å². The Morgan fingerprint density at radius 1 is 1.43 bits per heavy atom. The third-order valence-corrected chi connectivity index (χ3v) is 3.62. The van der Waals surface area contributed by atoms with Gasteiger partial charge in [-0.15, -0.1) is 5.10 Å². The maximum absolute atomic E-state index is 12.5. The lowest BCUT2D eigenvalue weighted by atomic mass is 10.1. The van der Waals surface area contributed by atoms with Gasteiger partial charge in [0.2, 0.25) is 11.6 Å². The lowest BCUT2D eigenvalue weighted by molar-refractivity contribution is -0.384. The number of benzene rings is 1. The Hall–Kier alpha value is -4.16. The number of nitrogens with zero attached hydrogens (tertiary/aromatic N) is 7. The van der Waals surface area contributed by atoms with Gasteiger partial charge in [0, 0.05) is 17.7 Å². The number of nitro benzene ring substituents is 1. The largest absolute Gasteiger partial charge is 0.378 e. The smallest absolute Gasteiger partial charge is 0.293 e. The number of hydrazone groups is 1. The molecule has 0 radical (unpaired) electrons. The minimum absolute atomic E-state index is 0.00227. The van der Waals surface area contributed by atoms with Crippen LogP contribution in [0.25, 0.3) is 5.82 Å². The summed E-state index contributed by atoms with van der Waals surface area (Å²) in [5.74, 6) is -0.656. The number of non-ortho nitro benzene ring substituents is 1. The summed E-state index contributed by atoms with van der Waals surface area (Å²) in [6, 6.07) is 5.80. The second-order valence-corrected chi connectivity index (χ2v) is 5.91. The van der Waals surface area contributed by atoms with Crippen molar-refractivity contribution in [1.82, 2.24) is 30.7 Å². The van der Waals surface area contributed by atoms with Gasteiger partial charge >= 0.3 is 0 Å². The molecule has 2 heterocycles. The molecular formula is C15H15N9O4. The van der Waals surface area contributed by atoms with Crippen molar-refractivity contribution in [3.63, 3.8) is 0 Å². The fourth-order valence-corrected chi connectivity index (χ4v) is 2.40. The fraction of sp³-hybridized carbons (Fsp3) is 0.200. The molecule has 1 amide bonds. The number of rotatable bonds is 6. The van der Waals surface area contributed by atoms with Gasteiger partial charge in [0.05, 0.1) is 16.8 Å². The maximum atomic E-state index is 12.5. The predicted molar refractivity (Wildman–Crippen MR) is 95.9 cm³/mol. The first-order chi connectivity index (χ1) is 13.4. The van der Waals surface area contributed by atoms with Gasteiger partial charge in [0.1, 0.15) is 0 Å². The highest BCUT2D eigenvalue weighted by Crippen LogP contribution is 2.22. The van der Waals surface area contributed by atoms with Crippen LogP contribution in [0.15, 0.2) is 34.0 Å². The number of hydrogen-bond acceptors (Lipinski definition) is 10. The van der Waals surface area contributed by atoms with E-state index in [2.05, 4.69) is 35.8 Å². The van der Waals surface area contributed by atoms with Gasteiger partial charge in [0.25, 0.3) is 11.6 Å². The minimum Gasteiger partial charge on any atom is -0.378 e. The van der Waals surface area contributed by atoms with Crippen molar-refractivity contribution < 1.29 is 14.3 Å². The average molecular weight is 385 g/mol. The summed E-state index contributed by atoms with van der Waals surface area (Å²) in [5, 5.41) is 29.5. The van der Waals surface area contributed by atoms with Gasteiger partial charge in [-0.3, -0.25) is 14.9 Å². The van der Waals surface area contributed by atoms with Crippen LogP contribution in [0, 0.1) is 10.1 Å². The Morgan fingerprint density at radius 3 is 2.86 bits per heavy atom. The highest BCUT2D eigenvalue weighted by Gasteiger charge is 2.25. The fourth-order valence-electron chi connectivity index (χ4n) is 2.40. The quantitative estimate of drug-likeness (QED) is 0.356. The Labute approximate surface area is 157 Å². The number of aromatic nitrogens is 5. The first kappa shape index (κ1) is 18.6. The van der Waals surface area contributed by atoms with Crippen molar-refractivity contribution in [2.24, 2.45) is 5.10 Å². The summed E-state index contributed by atoms with van der Waals surface area (Å²) in [6.07, 6.45) is 1.28. The second-order valence-electron chi connectivity index (χ2n) is 5.91. The molecule has 0 atom stereocenters. The van der Waals surface area contributed by atoms with E-state index in [0.717, 1.165) is 0 Å². The molecule has 144 valence electrons. The van der Waals surface area contributed by atoms with Crippen molar-refractivity contribution in [2.75, 3.05) is 5.73 Å². The zero-order valence-corrected chi connectivity index (χ0v) is 14.8. The number of carbonyl (C=O) groups is 1. The molecule has 13 nitrogen and oxygen atoms in total. The summed E-state index contributed by atoms with van der Waals surface area (Å²) >= 11 is 0. The summed E-state index contributed by atoms with van der Waals surface area (Å²) in [6.45, 7) is 3.67. The van der Waals surface area contributed by atoms with Gasteiger partial charge in [0.15, 0.2) is 5.69 Å². The first-order valence-electron chi connectivity index (χ1n) is 8.00. The highest BCUT2D eigenvalue weighted by molar-refractivity contribution is 5.94. The first-order valence-corrected chi connectivity index (χ1v) is 8.00. The van der Waals surface area contributed by atoms with Crippen molar-refractivity contribution in [3.05, 3.63) is 51.3 Å². The molecule has 28 heavy (non-hydrogen) atoms. The van der Waals surface area contributed by atoms with Crippen molar-refractivity contribution in [2.45, 2.75) is 19.8 Å². The van der Waals surface area contributed by atoms with E-state index in [1.807, 2.05) is 13.8 Å². The van der Waals surface area contributed by atoms with Crippen LogP contribution in [0.2, 0.25) is 0 Å². The molecule has 3 rings (SSSR count). The zero-order valence-electron chi connectivity index (χ0n) is 14.8. The van der Waals surface area contributed by atoms with Crippen LogP contribution in [0.5, 0.6) is 0 Å². The summed E-state index contributed by atoms with van der Waals surface area (Å²) in [5.41, 5.74) is 8.82. The van der Waals surface area contributed by atoms with E-state index in [-0.39, 0.29) is 28.9 Å². The van der Waals surface area contributed by atoms with E-state index in [1.54, 1.807) is 6.07 Å². The van der Waals surface area contributed by atoms with Crippen LogP contribution < -0.4 is 11.2 Å². The molecular weight excluding hydrogens is 370 g/mol. The van der Waals surface area contributed by atoms with E-state index < -0.39 is 10.8 Å². The molecule has 0 aliphatic heterocycles. The molecule has 2 aromatic heterocycles. The van der Waals surface area contributed by atoms with Crippen molar-refractivity contribution in [3.8, 4) is 5.82 Å². The van der Waals surface area contributed by atoms with E-state index in [0.29, 0.717) is 11.3 Å². The number of carbonyl (C=O) groups excluding carboxylic acids is 1. The van der Waals surface area contributed by atoms with Crippen LogP contribution in [-0.4, -0.2) is 42.4 Å². The van der Waals surface area contributed by atoms with Crippen LogP contribution in [0.1, 0.15) is 41.5 Å². The Kier molecular flexibility index (Phi) is 5.06.